The number of hydrogen-bond donors (Lipinski definition) is 2. The molecule has 38 heavy (non-hydrogen) atoms. The number of pyridine rings is 1. The second-order valence-electron chi connectivity index (χ2n) is 9.47. The fraction of sp³-hybridized carbons (Fsp3) is 0.286. The highest BCUT2D eigenvalue weighted by Crippen LogP contribution is 2.34. The highest BCUT2D eigenvalue weighted by Gasteiger charge is 2.26. The van der Waals surface area contributed by atoms with Crippen LogP contribution < -0.4 is 15.5 Å². The van der Waals surface area contributed by atoms with E-state index in [2.05, 4.69) is 31.6 Å². The molecule has 194 valence electrons. The molecule has 3 fully saturated rings. The van der Waals surface area contributed by atoms with Crippen LogP contribution in [0.5, 0.6) is 0 Å². The van der Waals surface area contributed by atoms with Gasteiger partial charge in [0.05, 0.1) is 34.3 Å². The van der Waals surface area contributed by atoms with Crippen molar-refractivity contribution < 1.29 is 14.3 Å². The first kappa shape index (κ1) is 24.9. The predicted molar refractivity (Wildman–Crippen MR) is 153 cm³/mol. The Balaban J connectivity index is 1.23. The zero-order valence-corrected chi connectivity index (χ0v) is 22.1. The van der Waals surface area contributed by atoms with Gasteiger partial charge in [-0.3, -0.25) is 14.6 Å². The van der Waals surface area contributed by atoms with E-state index in [4.69, 9.17) is 16.3 Å². The molecule has 10 heteroatoms. The van der Waals surface area contributed by atoms with Gasteiger partial charge < -0.3 is 20.3 Å². The number of amidine groups is 1. The van der Waals surface area contributed by atoms with Crippen molar-refractivity contribution in [1.29, 1.82) is 0 Å². The molecule has 0 radical (unpaired) electrons. The molecule has 1 aliphatic carbocycles. The molecule has 2 amide bonds. The molecule has 2 aromatic carbocycles. The van der Waals surface area contributed by atoms with Gasteiger partial charge in [-0.25, -0.2) is 4.99 Å². The summed E-state index contributed by atoms with van der Waals surface area (Å²) in [6.45, 7) is 3.06. The van der Waals surface area contributed by atoms with E-state index in [0.29, 0.717) is 39.7 Å². The van der Waals surface area contributed by atoms with Gasteiger partial charge in [0.2, 0.25) is 5.91 Å². The third kappa shape index (κ3) is 5.27. The number of benzene rings is 2. The van der Waals surface area contributed by atoms with Crippen molar-refractivity contribution >= 4 is 74.4 Å². The Morgan fingerprint density at radius 3 is 2.82 bits per heavy atom. The standard InChI is InChI=1S/C28H26ClN5O3S/c29-21-6-5-19(31-26(35)18-2-1-3-18)16-23(21)32-28-33-27(36)25(38-28)15-17-4-7-22-20(14-17)24(8-9-30-22)34-10-12-37-13-11-34/h4-9,14-16,18H,1-3,10-13H2,(H,31,35)(H,32,33,36)/b25-15+. The summed E-state index contributed by atoms with van der Waals surface area (Å²) >= 11 is 7.63. The summed E-state index contributed by atoms with van der Waals surface area (Å²) in [6, 6.07) is 13.2. The summed E-state index contributed by atoms with van der Waals surface area (Å²) in [7, 11) is 0. The SMILES string of the molecule is O=C1NC(=Nc2cc(NC(=O)C3CCC3)ccc2Cl)S/C1=C/c1ccc2nccc(N3CCOCC3)c2c1. The molecule has 0 unspecified atom stereocenters. The number of hydrogen-bond acceptors (Lipinski definition) is 7. The largest absolute Gasteiger partial charge is 0.378 e. The van der Waals surface area contributed by atoms with Gasteiger partial charge in [-0.15, -0.1) is 0 Å². The zero-order chi connectivity index (χ0) is 26.1. The highest BCUT2D eigenvalue weighted by molar-refractivity contribution is 8.18. The quantitative estimate of drug-likeness (QED) is 0.418. The summed E-state index contributed by atoms with van der Waals surface area (Å²) in [5.74, 6) is -0.124. The minimum atomic E-state index is -0.223. The normalized spacial score (nSPS) is 20.1. The number of carbonyl (C=O) groups is 2. The fourth-order valence-electron chi connectivity index (χ4n) is 4.65. The number of morpholine rings is 1. The minimum Gasteiger partial charge on any atom is -0.378 e. The topological polar surface area (TPSA) is 95.9 Å². The molecule has 8 nitrogen and oxygen atoms in total. The van der Waals surface area contributed by atoms with Crippen molar-refractivity contribution in [3.63, 3.8) is 0 Å². The Bertz CT molecular complexity index is 1480. The molecular formula is C28H26ClN5O3S. The number of aromatic nitrogens is 1. The zero-order valence-electron chi connectivity index (χ0n) is 20.6. The fourth-order valence-corrected chi connectivity index (χ4v) is 5.65. The van der Waals surface area contributed by atoms with Gasteiger partial charge in [0.1, 0.15) is 0 Å². The van der Waals surface area contributed by atoms with E-state index in [-0.39, 0.29) is 17.7 Å². The number of thioether (sulfide) groups is 1. The number of rotatable bonds is 5. The lowest BCUT2D eigenvalue weighted by atomic mass is 9.85. The summed E-state index contributed by atoms with van der Waals surface area (Å²) < 4.78 is 5.51. The molecule has 2 aliphatic heterocycles. The Labute approximate surface area is 229 Å². The number of nitrogens with zero attached hydrogens (tertiary/aromatic N) is 3. The van der Waals surface area contributed by atoms with Crippen LogP contribution in [-0.4, -0.2) is 48.3 Å². The molecule has 0 bridgehead atoms. The van der Waals surface area contributed by atoms with Crippen LogP contribution in [0, 0.1) is 5.92 Å². The third-order valence-electron chi connectivity index (χ3n) is 6.95. The first-order valence-corrected chi connectivity index (χ1v) is 13.8. The number of anilines is 2. The van der Waals surface area contributed by atoms with Crippen molar-refractivity contribution in [2.24, 2.45) is 10.9 Å². The number of nitrogens with one attached hydrogen (secondary N) is 2. The third-order valence-corrected chi connectivity index (χ3v) is 8.18. The molecule has 3 heterocycles. The minimum absolute atomic E-state index is 0.0216. The number of aliphatic imine (C=N–C) groups is 1. The van der Waals surface area contributed by atoms with E-state index in [1.165, 1.54) is 11.8 Å². The van der Waals surface area contributed by atoms with Crippen molar-refractivity contribution in [3.05, 3.63) is 64.2 Å². The average molecular weight is 548 g/mol. The van der Waals surface area contributed by atoms with Crippen LogP contribution >= 0.6 is 23.4 Å². The van der Waals surface area contributed by atoms with Gasteiger partial charge >= 0.3 is 0 Å². The molecule has 3 aromatic rings. The second kappa shape index (κ2) is 10.8. The van der Waals surface area contributed by atoms with Crippen LogP contribution in [0.15, 0.2) is 58.6 Å². The maximum atomic E-state index is 12.8. The maximum absolute atomic E-state index is 12.8. The molecule has 1 aromatic heterocycles. The number of halogens is 1. The van der Waals surface area contributed by atoms with E-state index in [0.717, 1.165) is 54.5 Å². The first-order valence-electron chi connectivity index (χ1n) is 12.6. The van der Waals surface area contributed by atoms with Gasteiger partial charge in [0.25, 0.3) is 5.91 Å². The molecule has 2 saturated heterocycles. The van der Waals surface area contributed by atoms with Gasteiger partial charge in [-0.05, 0) is 72.6 Å². The molecule has 2 N–H and O–H groups in total. The lowest BCUT2D eigenvalue weighted by Crippen LogP contribution is -2.36. The van der Waals surface area contributed by atoms with Crippen molar-refractivity contribution in [2.75, 3.05) is 36.5 Å². The van der Waals surface area contributed by atoms with E-state index < -0.39 is 0 Å². The highest BCUT2D eigenvalue weighted by atomic mass is 35.5. The van der Waals surface area contributed by atoms with Gasteiger partial charge in [-0.2, -0.15) is 0 Å². The monoisotopic (exact) mass is 547 g/mol. The van der Waals surface area contributed by atoms with E-state index in [9.17, 15) is 9.59 Å². The van der Waals surface area contributed by atoms with E-state index >= 15 is 0 Å². The Kier molecular flexibility index (Phi) is 7.06. The van der Waals surface area contributed by atoms with Gasteiger partial charge in [-0.1, -0.05) is 24.1 Å². The molecule has 0 atom stereocenters. The van der Waals surface area contributed by atoms with E-state index in [1.807, 2.05) is 30.5 Å². The number of ether oxygens (including phenoxy) is 1. The Hall–Kier alpha value is -3.40. The molecule has 3 aliphatic rings. The Morgan fingerprint density at radius 1 is 1.18 bits per heavy atom. The summed E-state index contributed by atoms with van der Waals surface area (Å²) in [6.07, 6.45) is 6.63. The van der Waals surface area contributed by atoms with Crippen LogP contribution in [0.4, 0.5) is 17.1 Å². The number of amides is 2. The molecule has 1 saturated carbocycles. The average Bonchev–Trinajstić information content (AvgIpc) is 3.23. The Morgan fingerprint density at radius 2 is 2.03 bits per heavy atom. The summed E-state index contributed by atoms with van der Waals surface area (Å²) in [4.78, 5) is 37.0. The lowest BCUT2D eigenvalue weighted by molar-refractivity contribution is -0.122. The van der Waals surface area contributed by atoms with Crippen LogP contribution in [0.3, 0.4) is 0 Å². The molecular weight excluding hydrogens is 522 g/mol. The van der Waals surface area contributed by atoms with Crippen LogP contribution in [0.1, 0.15) is 24.8 Å². The van der Waals surface area contributed by atoms with Gasteiger partial charge in [0.15, 0.2) is 5.17 Å². The lowest BCUT2D eigenvalue weighted by Gasteiger charge is -2.29. The smallest absolute Gasteiger partial charge is 0.264 e. The maximum Gasteiger partial charge on any atom is 0.264 e. The van der Waals surface area contributed by atoms with Crippen molar-refractivity contribution in [3.8, 4) is 0 Å². The van der Waals surface area contributed by atoms with Gasteiger partial charge in [0, 0.05) is 42.0 Å². The summed E-state index contributed by atoms with van der Waals surface area (Å²) in [5.41, 5.74) is 4.03. The number of fused-ring (bicyclic) bond motifs is 1. The van der Waals surface area contributed by atoms with Crippen LogP contribution in [-0.2, 0) is 14.3 Å². The number of carbonyl (C=O) groups excluding carboxylic acids is 2. The first-order chi connectivity index (χ1) is 18.5. The molecule has 0 spiro atoms. The van der Waals surface area contributed by atoms with E-state index in [1.54, 1.807) is 18.2 Å². The van der Waals surface area contributed by atoms with Crippen LogP contribution in [0.25, 0.3) is 17.0 Å². The predicted octanol–water partition coefficient (Wildman–Crippen LogP) is 5.36. The second-order valence-corrected chi connectivity index (χ2v) is 10.9. The van der Waals surface area contributed by atoms with Crippen molar-refractivity contribution in [2.45, 2.75) is 19.3 Å². The summed E-state index contributed by atoms with van der Waals surface area (Å²) in [5, 5.41) is 7.67. The molecule has 6 rings (SSSR count). The van der Waals surface area contributed by atoms with Crippen molar-refractivity contribution in [1.82, 2.24) is 10.3 Å². The van der Waals surface area contributed by atoms with Crippen LogP contribution in [0.2, 0.25) is 5.02 Å².